The van der Waals surface area contributed by atoms with Crippen molar-refractivity contribution >= 4 is 12.1 Å². The number of carbonyl (C=O) groups excluding carboxylic acids is 1. The Morgan fingerprint density at radius 1 is 1.38 bits per heavy atom. The molecule has 1 atom stereocenters. The van der Waals surface area contributed by atoms with Crippen molar-refractivity contribution in [3.63, 3.8) is 0 Å². The maximum absolute atomic E-state index is 11.8. The van der Waals surface area contributed by atoms with Crippen molar-refractivity contribution in [1.82, 2.24) is 10.3 Å². The first-order valence-corrected chi connectivity index (χ1v) is 6.87. The molecule has 0 aliphatic rings. The van der Waals surface area contributed by atoms with Gasteiger partial charge in [0.1, 0.15) is 5.60 Å². The number of nitrogens with zero attached hydrogens (tertiary/aromatic N) is 1. The Hall–Kier alpha value is -2.11. The lowest BCUT2D eigenvalue weighted by molar-refractivity contribution is -0.137. The molecular weight excluding hydrogens is 272 g/mol. The summed E-state index contributed by atoms with van der Waals surface area (Å²) in [5, 5.41) is 11.5. The molecule has 0 saturated heterocycles. The highest BCUT2D eigenvalue weighted by Gasteiger charge is 2.20. The average Bonchev–Trinajstić information content (AvgIpc) is 2.34. The molecule has 0 aliphatic carbocycles. The highest BCUT2D eigenvalue weighted by atomic mass is 16.6. The van der Waals surface area contributed by atoms with Crippen molar-refractivity contribution in [3.05, 3.63) is 30.1 Å². The Morgan fingerprint density at radius 2 is 2.10 bits per heavy atom. The van der Waals surface area contributed by atoms with E-state index >= 15 is 0 Å². The van der Waals surface area contributed by atoms with E-state index in [1.807, 2.05) is 12.1 Å². The van der Waals surface area contributed by atoms with Crippen molar-refractivity contribution in [2.75, 3.05) is 0 Å². The van der Waals surface area contributed by atoms with Crippen LogP contribution in [0.5, 0.6) is 0 Å². The molecule has 1 unspecified atom stereocenters. The molecule has 1 aromatic rings. The van der Waals surface area contributed by atoms with E-state index in [1.165, 1.54) is 0 Å². The second kappa shape index (κ2) is 7.61. The van der Waals surface area contributed by atoms with Crippen LogP contribution < -0.4 is 5.32 Å². The number of rotatable bonds is 6. The fraction of sp³-hybridized carbons (Fsp3) is 0.533. The molecule has 1 heterocycles. The molecule has 0 bridgehead atoms. The van der Waals surface area contributed by atoms with E-state index < -0.39 is 17.7 Å². The predicted molar refractivity (Wildman–Crippen MR) is 78.0 cm³/mol. The van der Waals surface area contributed by atoms with Gasteiger partial charge in [-0.15, -0.1) is 0 Å². The van der Waals surface area contributed by atoms with Crippen LogP contribution in [0, 0.1) is 0 Å². The molecule has 0 aliphatic heterocycles. The first-order chi connectivity index (χ1) is 9.76. The molecule has 0 radical (unpaired) electrons. The lowest BCUT2D eigenvalue weighted by Gasteiger charge is -2.23. The average molecular weight is 294 g/mol. The zero-order valence-electron chi connectivity index (χ0n) is 12.6. The van der Waals surface area contributed by atoms with E-state index in [0.29, 0.717) is 12.8 Å². The monoisotopic (exact) mass is 294 g/mol. The summed E-state index contributed by atoms with van der Waals surface area (Å²) in [6.45, 7) is 5.33. The summed E-state index contributed by atoms with van der Waals surface area (Å²) in [4.78, 5) is 26.7. The summed E-state index contributed by atoms with van der Waals surface area (Å²) in [6, 6.07) is 5.16. The van der Waals surface area contributed by atoms with Crippen molar-refractivity contribution in [1.29, 1.82) is 0 Å². The van der Waals surface area contributed by atoms with E-state index in [4.69, 9.17) is 9.84 Å². The summed E-state index contributed by atoms with van der Waals surface area (Å²) in [5.41, 5.74) is 0.204. The fourth-order valence-corrected chi connectivity index (χ4v) is 1.77. The zero-order valence-corrected chi connectivity index (χ0v) is 12.6. The Kier molecular flexibility index (Phi) is 6.14. The number of carboxylic acids is 1. The number of nitrogens with one attached hydrogen (secondary N) is 1. The first-order valence-electron chi connectivity index (χ1n) is 6.87. The molecule has 1 aromatic heterocycles. The molecule has 116 valence electrons. The van der Waals surface area contributed by atoms with E-state index in [2.05, 4.69) is 10.3 Å². The molecule has 6 nitrogen and oxygen atoms in total. The van der Waals surface area contributed by atoms with Gasteiger partial charge in [0.2, 0.25) is 0 Å². The van der Waals surface area contributed by atoms with Crippen LogP contribution in [0.3, 0.4) is 0 Å². The van der Waals surface area contributed by atoms with Crippen molar-refractivity contribution in [3.8, 4) is 0 Å². The van der Waals surface area contributed by atoms with Crippen LogP contribution in [0.15, 0.2) is 24.4 Å². The maximum atomic E-state index is 11.8. The summed E-state index contributed by atoms with van der Waals surface area (Å²) < 4.78 is 5.19. The maximum Gasteiger partial charge on any atom is 0.407 e. The number of hydrogen-bond acceptors (Lipinski definition) is 4. The van der Waals surface area contributed by atoms with E-state index in [-0.39, 0.29) is 12.5 Å². The Morgan fingerprint density at radius 3 is 2.62 bits per heavy atom. The third-order valence-electron chi connectivity index (χ3n) is 2.61. The van der Waals surface area contributed by atoms with Gasteiger partial charge in [0.05, 0.1) is 0 Å². The molecule has 1 rings (SSSR count). The topological polar surface area (TPSA) is 88.5 Å². The second-order valence-corrected chi connectivity index (χ2v) is 5.80. The van der Waals surface area contributed by atoms with Crippen LogP contribution in [-0.2, 0) is 16.0 Å². The highest BCUT2D eigenvalue weighted by Crippen LogP contribution is 2.10. The van der Waals surface area contributed by atoms with Crippen molar-refractivity contribution < 1.29 is 19.4 Å². The van der Waals surface area contributed by atoms with Gasteiger partial charge >= 0.3 is 12.1 Å². The van der Waals surface area contributed by atoms with Gasteiger partial charge in [0.25, 0.3) is 0 Å². The highest BCUT2D eigenvalue weighted by molar-refractivity contribution is 5.69. The van der Waals surface area contributed by atoms with Gasteiger partial charge in [-0.25, -0.2) is 4.79 Å². The summed E-state index contributed by atoms with van der Waals surface area (Å²) >= 11 is 0. The summed E-state index contributed by atoms with van der Waals surface area (Å²) in [6.07, 6.45) is 1.89. The fourth-order valence-electron chi connectivity index (χ4n) is 1.77. The van der Waals surface area contributed by atoms with Gasteiger partial charge < -0.3 is 15.2 Å². The number of alkyl carbamates (subject to hydrolysis) is 1. The molecule has 0 spiro atoms. The minimum absolute atomic E-state index is 0.0205. The van der Waals surface area contributed by atoms with Gasteiger partial charge in [-0.2, -0.15) is 0 Å². The van der Waals surface area contributed by atoms with Crippen LogP contribution in [-0.4, -0.2) is 33.8 Å². The minimum Gasteiger partial charge on any atom is -0.481 e. The number of hydrogen-bond donors (Lipinski definition) is 2. The van der Waals surface area contributed by atoms with Crippen molar-refractivity contribution in [2.45, 2.75) is 51.7 Å². The number of ether oxygens (including phenoxy) is 1. The smallest absolute Gasteiger partial charge is 0.407 e. The quantitative estimate of drug-likeness (QED) is 0.841. The van der Waals surface area contributed by atoms with E-state index in [9.17, 15) is 9.59 Å². The van der Waals surface area contributed by atoms with Crippen LogP contribution >= 0.6 is 0 Å². The lowest BCUT2D eigenvalue weighted by atomic mass is 10.1. The Labute approximate surface area is 124 Å². The van der Waals surface area contributed by atoms with Crippen LogP contribution in [0.4, 0.5) is 4.79 Å². The van der Waals surface area contributed by atoms with Crippen LogP contribution in [0.2, 0.25) is 0 Å². The molecule has 1 amide bonds. The largest absolute Gasteiger partial charge is 0.481 e. The molecule has 0 fully saturated rings. The summed E-state index contributed by atoms with van der Waals surface area (Å²) in [7, 11) is 0. The standard InChI is InChI=1S/C15H22N2O4/c1-15(2,3)21-14(20)17-12(7-8-13(18)19)10-11-6-4-5-9-16-11/h4-6,9,12H,7-8,10H2,1-3H3,(H,17,20)(H,18,19). The molecule has 0 aromatic carbocycles. The number of aliphatic carboxylic acids is 1. The molecule has 6 heteroatoms. The zero-order chi connectivity index (χ0) is 15.9. The van der Waals surface area contributed by atoms with Crippen LogP contribution in [0.25, 0.3) is 0 Å². The Balaban J connectivity index is 2.63. The van der Waals surface area contributed by atoms with Crippen LogP contribution in [0.1, 0.15) is 39.3 Å². The van der Waals surface area contributed by atoms with Gasteiger partial charge in [0, 0.05) is 30.8 Å². The van der Waals surface area contributed by atoms with Gasteiger partial charge in [-0.1, -0.05) is 6.07 Å². The van der Waals surface area contributed by atoms with Gasteiger partial charge in [-0.3, -0.25) is 9.78 Å². The number of pyridine rings is 1. The van der Waals surface area contributed by atoms with Gasteiger partial charge in [0.15, 0.2) is 0 Å². The third kappa shape index (κ3) is 7.91. The lowest BCUT2D eigenvalue weighted by Crippen LogP contribution is -2.40. The molecule has 2 N–H and O–H groups in total. The SMILES string of the molecule is CC(C)(C)OC(=O)NC(CCC(=O)O)Cc1ccccn1. The summed E-state index contributed by atoms with van der Waals surface area (Å²) in [5.74, 6) is -0.896. The normalized spacial score (nSPS) is 12.5. The van der Waals surface area contributed by atoms with E-state index in [0.717, 1.165) is 5.69 Å². The number of carbonyl (C=O) groups is 2. The predicted octanol–water partition coefficient (Wildman–Crippen LogP) is 2.38. The molecule has 21 heavy (non-hydrogen) atoms. The second-order valence-electron chi connectivity index (χ2n) is 5.80. The number of carboxylic acid groups (broad SMARTS) is 1. The Bertz CT molecular complexity index is 468. The number of aromatic nitrogens is 1. The van der Waals surface area contributed by atoms with E-state index in [1.54, 1.807) is 33.0 Å². The third-order valence-corrected chi connectivity index (χ3v) is 2.61. The molecular formula is C15H22N2O4. The van der Waals surface area contributed by atoms with Gasteiger partial charge in [-0.05, 0) is 39.3 Å². The number of amides is 1. The minimum atomic E-state index is -0.896. The van der Waals surface area contributed by atoms with Crippen molar-refractivity contribution in [2.24, 2.45) is 0 Å². The molecule has 0 saturated carbocycles. The first kappa shape index (κ1) is 16.9.